The average Bonchev–Trinajstić information content (AvgIpc) is 3.22. The predicted octanol–water partition coefficient (Wildman–Crippen LogP) is 3.07. The Morgan fingerprint density at radius 1 is 1.45 bits per heavy atom. The van der Waals surface area contributed by atoms with Crippen molar-refractivity contribution in [3.63, 3.8) is 0 Å². The summed E-state index contributed by atoms with van der Waals surface area (Å²) in [5.41, 5.74) is 7.73. The van der Waals surface area contributed by atoms with E-state index in [0.29, 0.717) is 0 Å². The lowest BCUT2D eigenvalue weighted by Crippen LogP contribution is -2.48. The molecule has 2 N–H and O–H groups in total. The van der Waals surface area contributed by atoms with Gasteiger partial charge in [-0.25, -0.2) is 4.79 Å². The fourth-order valence-electron chi connectivity index (χ4n) is 1.87. The zero-order valence-corrected chi connectivity index (χ0v) is 12.4. The molecular weight excluding hydrogens is 276 g/mol. The van der Waals surface area contributed by atoms with Gasteiger partial charge >= 0.3 is 6.09 Å². The minimum Gasteiger partial charge on any atom is -0.444 e. The van der Waals surface area contributed by atoms with E-state index in [9.17, 15) is 4.79 Å². The Morgan fingerprint density at radius 2 is 2.05 bits per heavy atom. The number of halogens is 1. The molecule has 2 rings (SSSR count). The minimum absolute atomic E-state index is 0. The summed E-state index contributed by atoms with van der Waals surface area (Å²) in [6.45, 7) is 5.91. The highest BCUT2D eigenvalue weighted by molar-refractivity contribution is 5.85. The second kappa shape index (κ2) is 7.31. The van der Waals surface area contributed by atoms with Gasteiger partial charge in [0, 0.05) is 6.04 Å². The molecule has 0 saturated heterocycles. The van der Waals surface area contributed by atoms with Gasteiger partial charge in [-0.2, -0.15) is 0 Å². The minimum atomic E-state index is -0.462. The highest BCUT2D eigenvalue weighted by Gasteiger charge is 2.37. The summed E-state index contributed by atoms with van der Waals surface area (Å²) < 4.78 is 5.33. The first kappa shape index (κ1) is 16.5. The van der Waals surface area contributed by atoms with Gasteiger partial charge in [-0.05, 0) is 30.9 Å². The van der Waals surface area contributed by atoms with Crippen molar-refractivity contribution in [2.45, 2.75) is 38.6 Å². The van der Waals surface area contributed by atoms with E-state index in [-0.39, 0.29) is 31.1 Å². The summed E-state index contributed by atoms with van der Waals surface area (Å²) in [5.74, 6) is 0. The highest BCUT2D eigenvalue weighted by atomic mass is 35.5. The number of nitrogens with zero attached hydrogens (tertiary/aromatic N) is 1. The third-order valence-electron chi connectivity index (χ3n) is 3.16. The molecule has 1 amide bonds. The van der Waals surface area contributed by atoms with Crippen LogP contribution in [0, 0.1) is 0 Å². The fraction of sp³-hybridized carbons (Fsp3) is 0.400. The summed E-state index contributed by atoms with van der Waals surface area (Å²) in [4.78, 5) is 13.7. The molecule has 0 aromatic heterocycles. The third kappa shape index (κ3) is 4.25. The predicted molar refractivity (Wildman–Crippen MR) is 81.5 cm³/mol. The van der Waals surface area contributed by atoms with E-state index in [2.05, 4.69) is 6.58 Å². The number of benzene rings is 1. The Morgan fingerprint density at radius 3 is 2.55 bits per heavy atom. The lowest BCUT2D eigenvalue weighted by atomic mass is 10.2. The van der Waals surface area contributed by atoms with Crippen molar-refractivity contribution in [3.05, 3.63) is 48.0 Å². The normalized spacial score (nSPS) is 14.9. The molecule has 0 aliphatic heterocycles. The Bertz CT molecular complexity index is 460. The fourth-order valence-corrected chi connectivity index (χ4v) is 1.87. The van der Waals surface area contributed by atoms with Crippen molar-refractivity contribution in [3.8, 4) is 0 Å². The Hall–Kier alpha value is -1.52. The molecule has 1 saturated carbocycles. The van der Waals surface area contributed by atoms with Gasteiger partial charge in [0.05, 0.1) is 0 Å². The van der Waals surface area contributed by atoms with Gasteiger partial charge in [-0.1, -0.05) is 36.9 Å². The molecule has 0 unspecified atom stereocenters. The molecule has 1 atom stereocenters. The van der Waals surface area contributed by atoms with E-state index in [4.69, 9.17) is 10.5 Å². The van der Waals surface area contributed by atoms with Crippen LogP contribution in [0.1, 0.15) is 25.3 Å². The van der Waals surface area contributed by atoms with Gasteiger partial charge in [0.1, 0.15) is 12.8 Å². The summed E-state index contributed by atoms with van der Waals surface area (Å²) in [6, 6.07) is 9.82. The van der Waals surface area contributed by atoms with E-state index in [1.165, 1.54) is 0 Å². The van der Waals surface area contributed by atoms with Crippen LogP contribution in [-0.4, -0.2) is 23.2 Å². The van der Waals surface area contributed by atoms with Gasteiger partial charge in [0.15, 0.2) is 0 Å². The highest BCUT2D eigenvalue weighted by Crippen LogP contribution is 2.29. The van der Waals surface area contributed by atoms with Gasteiger partial charge in [0.2, 0.25) is 0 Å². The second-order valence-electron chi connectivity index (χ2n) is 4.97. The molecule has 1 aliphatic rings. The van der Waals surface area contributed by atoms with Crippen LogP contribution in [0.15, 0.2) is 42.5 Å². The first-order chi connectivity index (χ1) is 9.09. The summed E-state index contributed by atoms with van der Waals surface area (Å²) >= 11 is 0. The molecule has 5 heteroatoms. The number of carbonyl (C=O) groups excluding carboxylic acids is 1. The van der Waals surface area contributed by atoms with E-state index in [1.54, 1.807) is 4.90 Å². The number of ether oxygens (including phenoxy) is 1. The van der Waals surface area contributed by atoms with Crippen molar-refractivity contribution >= 4 is 18.5 Å². The first-order valence-corrected chi connectivity index (χ1v) is 6.49. The SMILES string of the molecule is C=C(C)[C@H](N)N(C(=O)OCc1ccccc1)C1CC1.Cl. The van der Waals surface area contributed by atoms with Crippen molar-refractivity contribution in [1.29, 1.82) is 0 Å². The maximum Gasteiger partial charge on any atom is 0.411 e. The number of hydrogen-bond acceptors (Lipinski definition) is 3. The quantitative estimate of drug-likeness (QED) is 0.671. The van der Waals surface area contributed by atoms with Gasteiger partial charge in [0.25, 0.3) is 0 Å². The molecule has 110 valence electrons. The summed E-state index contributed by atoms with van der Waals surface area (Å²) in [7, 11) is 0. The number of rotatable bonds is 5. The van der Waals surface area contributed by atoms with Crippen molar-refractivity contribution in [1.82, 2.24) is 4.90 Å². The maximum atomic E-state index is 12.1. The molecule has 0 bridgehead atoms. The van der Waals surface area contributed by atoms with Crippen molar-refractivity contribution in [2.24, 2.45) is 5.73 Å². The molecule has 20 heavy (non-hydrogen) atoms. The summed E-state index contributed by atoms with van der Waals surface area (Å²) in [6.07, 6.45) is 1.15. The second-order valence-corrected chi connectivity index (χ2v) is 4.97. The van der Waals surface area contributed by atoms with E-state index >= 15 is 0 Å². The number of hydrogen-bond donors (Lipinski definition) is 1. The van der Waals surface area contributed by atoms with Crippen LogP contribution in [-0.2, 0) is 11.3 Å². The van der Waals surface area contributed by atoms with Crippen molar-refractivity contribution < 1.29 is 9.53 Å². The van der Waals surface area contributed by atoms with Crippen molar-refractivity contribution in [2.75, 3.05) is 0 Å². The van der Waals surface area contributed by atoms with E-state index < -0.39 is 6.17 Å². The molecule has 1 fully saturated rings. The lowest BCUT2D eigenvalue weighted by Gasteiger charge is -2.28. The van der Waals surface area contributed by atoms with Crippen LogP contribution in [0.5, 0.6) is 0 Å². The average molecular weight is 297 g/mol. The van der Waals surface area contributed by atoms with Crippen LogP contribution in [0.4, 0.5) is 4.79 Å². The lowest BCUT2D eigenvalue weighted by molar-refractivity contribution is 0.0835. The molecule has 1 aromatic carbocycles. The number of amides is 1. The smallest absolute Gasteiger partial charge is 0.411 e. The van der Waals surface area contributed by atoms with E-state index in [1.807, 2.05) is 37.3 Å². The summed E-state index contributed by atoms with van der Waals surface area (Å²) in [5, 5.41) is 0. The van der Waals surface area contributed by atoms with Crippen LogP contribution >= 0.6 is 12.4 Å². The zero-order chi connectivity index (χ0) is 13.8. The maximum absolute atomic E-state index is 12.1. The number of carbonyl (C=O) groups is 1. The number of nitrogens with two attached hydrogens (primary N) is 1. The third-order valence-corrected chi connectivity index (χ3v) is 3.16. The van der Waals surface area contributed by atoms with E-state index in [0.717, 1.165) is 24.0 Å². The monoisotopic (exact) mass is 296 g/mol. The van der Waals surface area contributed by atoms with Crippen LogP contribution in [0.2, 0.25) is 0 Å². The van der Waals surface area contributed by atoms with Gasteiger partial charge in [-0.15, -0.1) is 12.4 Å². The molecule has 1 aromatic rings. The molecule has 1 aliphatic carbocycles. The largest absolute Gasteiger partial charge is 0.444 e. The van der Waals surface area contributed by atoms with Crippen LogP contribution in [0.25, 0.3) is 0 Å². The molecule has 4 nitrogen and oxygen atoms in total. The van der Waals surface area contributed by atoms with Crippen LogP contribution in [0.3, 0.4) is 0 Å². The molecule has 0 heterocycles. The first-order valence-electron chi connectivity index (χ1n) is 6.49. The molecule has 0 radical (unpaired) electrons. The Kier molecular flexibility index (Phi) is 6.05. The Labute approximate surface area is 126 Å². The molecule has 0 spiro atoms. The molecular formula is C15H21ClN2O2. The standard InChI is InChI=1S/C15H20N2O2.ClH/c1-11(2)14(16)17(13-8-9-13)15(18)19-10-12-6-4-3-5-7-12;/h3-7,13-14H,1,8-10,16H2,2H3;1H/t14-;/m1./s1. The Balaban J connectivity index is 0.00000200. The van der Waals surface area contributed by atoms with Gasteiger partial charge < -0.3 is 10.5 Å². The van der Waals surface area contributed by atoms with Gasteiger partial charge in [-0.3, -0.25) is 4.90 Å². The topological polar surface area (TPSA) is 55.6 Å². The van der Waals surface area contributed by atoms with Crippen LogP contribution < -0.4 is 5.73 Å². The zero-order valence-electron chi connectivity index (χ0n) is 11.6.